The topological polar surface area (TPSA) is 26.3 Å². The zero-order valence-corrected chi connectivity index (χ0v) is 13.3. The minimum absolute atomic E-state index is 0.263. The highest BCUT2D eigenvalue weighted by atomic mass is 79.9. The Kier molecular flexibility index (Phi) is 7.02. The summed E-state index contributed by atoms with van der Waals surface area (Å²) in [6.45, 7) is 7.38. The average molecular weight is 335 g/mol. The fraction of sp³-hybridized carbons (Fsp3) is 0.235. The van der Waals surface area contributed by atoms with E-state index in [4.69, 9.17) is 4.74 Å². The minimum atomic E-state index is -0.442. The number of hydrogen-bond donors (Lipinski definition) is 0. The van der Waals surface area contributed by atoms with E-state index in [1.165, 1.54) is 0 Å². The quantitative estimate of drug-likeness (QED) is 0.426. The van der Waals surface area contributed by atoms with Gasteiger partial charge in [-0.1, -0.05) is 77.1 Å². The van der Waals surface area contributed by atoms with Crippen LogP contribution >= 0.6 is 15.9 Å². The van der Waals surface area contributed by atoms with Crippen LogP contribution in [0.25, 0.3) is 0 Å². The lowest BCUT2D eigenvalue weighted by molar-refractivity contribution is -0.145. The Hall–Kier alpha value is -1.61. The molecule has 0 heterocycles. The van der Waals surface area contributed by atoms with Crippen molar-refractivity contribution in [3.05, 3.63) is 72.4 Å². The van der Waals surface area contributed by atoms with E-state index in [0.717, 1.165) is 11.1 Å². The van der Waals surface area contributed by atoms with Gasteiger partial charge in [-0.3, -0.25) is 4.79 Å². The predicted octanol–water partition coefficient (Wildman–Crippen LogP) is 4.74. The molecule has 1 rings (SSSR count). The first-order chi connectivity index (χ1) is 9.56. The van der Waals surface area contributed by atoms with Crippen LogP contribution in [0, 0.1) is 0 Å². The highest BCUT2D eigenvalue weighted by Crippen LogP contribution is 2.25. The van der Waals surface area contributed by atoms with Crippen LogP contribution in [0.15, 0.2) is 66.8 Å². The number of carbonyl (C=O) groups excluding carboxylic acids is 1. The van der Waals surface area contributed by atoms with Crippen molar-refractivity contribution in [2.24, 2.45) is 0 Å². The fourth-order valence-electron chi connectivity index (χ4n) is 1.51. The van der Waals surface area contributed by atoms with E-state index >= 15 is 0 Å². The van der Waals surface area contributed by atoms with Gasteiger partial charge in [-0.25, -0.2) is 0 Å². The molecule has 0 radical (unpaired) electrons. The second kappa shape index (κ2) is 8.54. The molecule has 1 aromatic rings. The molecule has 2 unspecified atom stereocenters. The molecule has 0 bridgehead atoms. The molecule has 0 fully saturated rings. The van der Waals surface area contributed by atoms with Crippen LogP contribution in [0.2, 0.25) is 0 Å². The highest BCUT2D eigenvalue weighted by Gasteiger charge is 2.21. The van der Waals surface area contributed by atoms with Crippen LogP contribution in [0.1, 0.15) is 24.2 Å². The molecule has 0 amide bonds. The number of halogens is 1. The molecule has 0 aliphatic heterocycles. The van der Waals surface area contributed by atoms with Gasteiger partial charge < -0.3 is 4.74 Å². The van der Waals surface area contributed by atoms with E-state index in [0.29, 0.717) is 0 Å². The largest absolute Gasteiger partial charge is 0.457 e. The number of hydrogen-bond acceptors (Lipinski definition) is 2. The number of carbonyl (C=O) groups is 1. The van der Waals surface area contributed by atoms with Crippen LogP contribution in [-0.4, -0.2) is 12.1 Å². The van der Waals surface area contributed by atoms with Gasteiger partial charge in [-0.15, -0.1) is 0 Å². The summed E-state index contributed by atoms with van der Waals surface area (Å²) in [7, 11) is 0. The number of alkyl halides is 1. The molecule has 0 N–H and O–H groups in total. The first kappa shape index (κ1) is 16.4. The maximum absolute atomic E-state index is 12.1. The third-order valence-corrected chi connectivity index (χ3v) is 3.74. The molecular weight excluding hydrogens is 316 g/mol. The Labute approximate surface area is 129 Å². The molecule has 106 valence electrons. The van der Waals surface area contributed by atoms with Crippen molar-refractivity contribution in [2.45, 2.75) is 24.8 Å². The lowest BCUT2D eigenvalue weighted by Crippen LogP contribution is -2.19. The molecule has 20 heavy (non-hydrogen) atoms. The minimum Gasteiger partial charge on any atom is -0.457 e. The summed E-state index contributed by atoms with van der Waals surface area (Å²) in [5, 5.41) is 0. The lowest BCUT2D eigenvalue weighted by atomic mass is 10.1. The van der Waals surface area contributed by atoms with Gasteiger partial charge in [0.2, 0.25) is 0 Å². The van der Waals surface area contributed by atoms with E-state index < -0.39 is 4.83 Å². The van der Waals surface area contributed by atoms with Gasteiger partial charge in [-0.05, 0) is 25.0 Å². The SMILES string of the molecule is C=CC=CC=C(C)C(C)OC(=O)C(Br)c1ccccc1. The smallest absolute Gasteiger partial charge is 0.324 e. The van der Waals surface area contributed by atoms with Crippen LogP contribution in [-0.2, 0) is 9.53 Å². The molecule has 0 spiro atoms. The Balaban J connectivity index is 2.64. The summed E-state index contributed by atoms with van der Waals surface area (Å²) < 4.78 is 5.45. The standard InChI is InChI=1S/C17H19BrO2/c1-4-5-7-10-13(2)14(3)20-17(19)16(18)15-11-8-6-9-12-15/h4-12,14,16H,1H2,2-3H3. The van der Waals surface area contributed by atoms with E-state index in [2.05, 4.69) is 22.5 Å². The predicted molar refractivity (Wildman–Crippen MR) is 86.8 cm³/mol. The van der Waals surface area contributed by atoms with Crippen LogP contribution < -0.4 is 0 Å². The molecule has 0 saturated carbocycles. The summed E-state index contributed by atoms with van der Waals surface area (Å²) in [6, 6.07) is 9.48. The lowest BCUT2D eigenvalue weighted by Gasteiger charge is -2.16. The van der Waals surface area contributed by atoms with Gasteiger partial charge in [0.25, 0.3) is 0 Å². The van der Waals surface area contributed by atoms with Gasteiger partial charge in [0.1, 0.15) is 10.9 Å². The molecule has 0 aliphatic rings. The van der Waals surface area contributed by atoms with Gasteiger partial charge in [0.05, 0.1) is 0 Å². The molecular formula is C17H19BrO2. The van der Waals surface area contributed by atoms with Gasteiger partial charge in [0.15, 0.2) is 0 Å². The van der Waals surface area contributed by atoms with E-state index in [1.54, 1.807) is 6.08 Å². The number of allylic oxidation sites excluding steroid dienone is 4. The first-order valence-electron chi connectivity index (χ1n) is 6.41. The molecule has 1 aromatic carbocycles. The molecule has 2 nitrogen and oxygen atoms in total. The molecule has 0 saturated heterocycles. The molecule has 0 aromatic heterocycles. The van der Waals surface area contributed by atoms with E-state index in [-0.39, 0.29) is 12.1 Å². The summed E-state index contributed by atoms with van der Waals surface area (Å²) in [6.07, 6.45) is 7.04. The second-order valence-corrected chi connectivity index (χ2v) is 5.30. The normalized spacial score (nSPS) is 14.8. The molecule has 2 atom stereocenters. The maximum atomic E-state index is 12.1. The van der Waals surface area contributed by atoms with Crippen molar-refractivity contribution in [3.63, 3.8) is 0 Å². The number of benzene rings is 1. The maximum Gasteiger partial charge on any atom is 0.324 e. The van der Waals surface area contributed by atoms with Crippen molar-refractivity contribution < 1.29 is 9.53 Å². The van der Waals surface area contributed by atoms with Gasteiger partial charge in [-0.2, -0.15) is 0 Å². The Morgan fingerprint density at radius 3 is 2.55 bits per heavy atom. The summed E-state index contributed by atoms with van der Waals surface area (Å²) in [4.78, 5) is 11.6. The number of rotatable bonds is 6. The third kappa shape index (κ3) is 5.17. The number of ether oxygens (including phenoxy) is 1. The van der Waals surface area contributed by atoms with Crippen molar-refractivity contribution >= 4 is 21.9 Å². The van der Waals surface area contributed by atoms with Crippen LogP contribution in [0.5, 0.6) is 0 Å². The van der Waals surface area contributed by atoms with Gasteiger partial charge in [0, 0.05) is 0 Å². The van der Waals surface area contributed by atoms with Crippen molar-refractivity contribution in [3.8, 4) is 0 Å². The summed E-state index contributed by atoms with van der Waals surface area (Å²) in [5.74, 6) is -0.288. The van der Waals surface area contributed by atoms with Crippen LogP contribution in [0.3, 0.4) is 0 Å². The fourth-order valence-corrected chi connectivity index (χ4v) is 1.92. The highest BCUT2D eigenvalue weighted by molar-refractivity contribution is 9.09. The van der Waals surface area contributed by atoms with E-state index in [1.807, 2.05) is 62.4 Å². The zero-order chi connectivity index (χ0) is 15.0. The average Bonchev–Trinajstić information content (AvgIpc) is 2.47. The van der Waals surface area contributed by atoms with Crippen molar-refractivity contribution in [1.82, 2.24) is 0 Å². The second-order valence-electron chi connectivity index (χ2n) is 4.38. The van der Waals surface area contributed by atoms with Crippen molar-refractivity contribution in [2.75, 3.05) is 0 Å². The van der Waals surface area contributed by atoms with Crippen molar-refractivity contribution in [1.29, 1.82) is 0 Å². The Morgan fingerprint density at radius 2 is 1.95 bits per heavy atom. The Bertz CT molecular complexity index is 503. The third-order valence-electron chi connectivity index (χ3n) is 2.84. The number of esters is 1. The first-order valence-corrected chi connectivity index (χ1v) is 7.33. The van der Waals surface area contributed by atoms with E-state index in [9.17, 15) is 4.79 Å². The van der Waals surface area contributed by atoms with Crippen LogP contribution in [0.4, 0.5) is 0 Å². The summed E-state index contributed by atoms with van der Waals surface area (Å²) >= 11 is 3.37. The summed E-state index contributed by atoms with van der Waals surface area (Å²) in [5.41, 5.74) is 1.86. The van der Waals surface area contributed by atoms with Gasteiger partial charge >= 0.3 is 5.97 Å². The molecule has 0 aliphatic carbocycles. The molecule has 3 heteroatoms. The zero-order valence-electron chi connectivity index (χ0n) is 11.8. The monoisotopic (exact) mass is 334 g/mol. The Morgan fingerprint density at radius 1 is 1.30 bits per heavy atom.